The van der Waals surface area contributed by atoms with Crippen LogP contribution in [0, 0.1) is 13.8 Å². The molecule has 0 heterocycles. The molecule has 5 heteroatoms. The number of nitrogens with one attached hydrogen (secondary N) is 3. The fourth-order valence-electron chi connectivity index (χ4n) is 2.27. The minimum absolute atomic E-state index is 0.510. The van der Waals surface area contributed by atoms with E-state index in [1.807, 2.05) is 32.0 Å². The maximum atomic E-state index is 11.8. The largest absolute Gasteiger partial charge is 0.342 e. The number of hydrogen-bond acceptors (Lipinski definition) is 2. The molecule has 0 fully saturated rings. The average Bonchev–Trinajstić information content (AvgIpc) is 2.42. The Morgan fingerprint density at radius 2 is 1.57 bits per heavy atom. The summed E-state index contributed by atoms with van der Waals surface area (Å²) >= 11 is 0. The zero-order chi connectivity index (χ0) is 15.8. The number of likely N-dealkylation sites (N-methyl/N-ethyl adjacent to an activating group) is 1. The van der Waals surface area contributed by atoms with Crippen LogP contribution in [0.1, 0.15) is 25.0 Å². The van der Waals surface area contributed by atoms with Crippen molar-refractivity contribution in [1.29, 1.82) is 0 Å². The molecule has 1 aromatic carbocycles. The number of rotatable bonds is 6. The van der Waals surface area contributed by atoms with Crippen LogP contribution >= 0.6 is 0 Å². The Labute approximate surface area is 126 Å². The van der Waals surface area contributed by atoms with E-state index in [1.54, 1.807) is 0 Å². The topological polar surface area (TPSA) is 62.6 Å². The Balaban J connectivity index is 2.46. The molecule has 0 radical (unpaired) electrons. The number of aryl methyl sites for hydroxylation is 2. The summed E-state index contributed by atoms with van der Waals surface area (Å²) < 4.78 is 0. The van der Waals surface area contributed by atoms with Crippen LogP contribution in [0.25, 0.3) is 0 Å². The van der Waals surface area contributed by atoms with Crippen molar-refractivity contribution in [3.05, 3.63) is 29.3 Å². The molecule has 0 saturated heterocycles. The molecule has 1 rings (SSSR count). The summed E-state index contributed by atoms with van der Waals surface area (Å²) in [6.45, 7) is 11.5. The number of carbonyl (C=O) groups is 2. The molecule has 1 aromatic rings. The maximum Gasteiger partial charge on any atom is 0.313 e. The quantitative estimate of drug-likeness (QED) is 0.660. The van der Waals surface area contributed by atoms with Gasteiger partial charge in [-0.3, -0.25) is 9.59 Å². The van der Waals surface area contributed by atoms with Crippen molar-refractivity contribution in [3.63, 3.8) is 0 Å². The second-order valence-electron chi connectivity index (χ2n) is 5.29. The highest BCUT2D eigenvalue weighted by atomic mass is 16.2. The molecule has 0 aliphatic carbocycles. The lowest BCUT2D eigenvalue weighted by atomic mass is 10.1. The second kappa shape index (κ2) is 8.42. The van der Waals surface area contributed by atoms with Crippen LogP contribution in [0.15, 0.2) is 18.2 Å². The molecule has 0 aliphatic rings. The van der Waals surface area contributed by atoms with Gasteiger partial charge in [0, 0.05) is 5.69 Å². The van der Waals surface area contributed by atoms with Gasteiger partial charge in [-0.1, -0.05) is 6.07 Å². The Morgan fingerprint density at radius 3 is 2.10 bits per heavy atom. The van der Waals surface area contributed by atoms with Gasteiger partial charge in [-0.15, -0.1) is 0 Å². The minimum Gasteiger partial charge on any atom is -0.342 e. The van der Waals surface area contributed by atoms with Gasteiger partial charge in [0.15, 0.2) is 0 Å². The molecule has 0 spiro atoms. The van der Waals surface area contributed by atoms with Gasteiger partial charge in [0.25, 0.3) is 0 Å². The van der Waals surface area contributed by atoms with Gasteiger partial charge in [0.05, 0.1) is 26.2 Å². The zero-order valence-corrected chi connectivity index (χ0v) is 13.4. The first kappa shape index (κ1) is 17.2. The molecule has 21 heavy (non-hydrogen) atoms. The summed E-state index contributed by atoms with van der Waals surface area (Å²) in [6, 6.07) is 5.71. The summed E-state index contributed by atoms with van der Waals surface area (Å²) in [4.78, 5) is 25.0. The number of hydrogen-bond donors (Lipinski definition) is 3. The normalized spacial score (nSPS) is 10.5. The molecule has 0 aromatic heterocycles. The Kier molecular flexibility index (Phi) is 6.88. The van der Waals surface area contributed by atoms with Crippen molar-refractivity contribution >= 4 is 17.5 Å². The lowest BCUT2D eigenvalue weighted by molar-refractivity contribution is -0.895. The highest BCUT2D eigenvalue weighted by molar-refractivity contribution is 6.39. The lowest BCUT2D eigenvalue weighted by Gasteiger charge is -2.15. The zero-order valence-electron chi connectivity index (χ0n) is 13.4. The third-order valence-electron chi connectivity index (χ3n) is 3.45. The summed E-state index contributed by atoms with van der Waals surface area (Å²) in [5.41, 5.74) is 2.76. The summed E-state index contributed by atoms with van der Waals surface area (Å²) in [5, 5.41) is 5.29. The predicted molar refractivity (Wildman–Crippen MR) is 84.5 cm³/mol. The van der Waals surface area contributed by atoms with Gasteiger partial charge in [0.1, 0.15) is 0 Å². The number of anilines is 1. The molecule has 0 unspecified atom stereocenters. The molecule has 0 saturated carbocycles. The molecule has 5 nitrogen and oxygen atoms in total. The van der Waals surface area contributed by atoms with Crippen molar-refractivity contribution in [2.75, 3.05) is 31.5 Å². The van der Waals surface area contributed by atoms with E-state index in [-0.39, 0.29) is 0 Å². The van der Waals surface area contributed by atoms with Gasteiger partial charge in [-0.25, -0.2) is 0 Å². The molecule has 0 aliphatic heterocycles. The van der Waals surface area contributed by atoms with Crippen LogP contribution in [0.2, 0.25) is 0 Å². The van der Waals surface area contributed by atoms with Crippen molar-refractivity contribution in [2.24, 2.45) is 0 Å². The fraction of sp³-hybridized carbons (Fsp3) is 0.500. The lowest BCUT2D eigenvalue weighted by Crippen LogP contribution is -3.12. The van der Waals surface area contributed by atoms with E-state index in [2.05, 4.69) is 24.5 Å². The number of quaternary nitrogens is 1. The van der Waals surface area contributed by atoms with Crippen molar-refractivity contribution in [3.8, 4) is 0 Å². The first-order valence-electron chi connectivity index (χ1n) is 7.47. The van der Waals surface area contributed by atoms with E-state index in [4.69, 9.17) is 0 Å². The first-order chi connectivity index (χ1) is 9.96. The smallest absolute Gasteiger partial charge is 0.313 e. The number of benzene rings is 1. The van der Waals surface area contributed by atoms with Gasteiger partial charge in [-0.05, 0) is 51.0 Å². The van der Waals surface area contributed by atoms with E-state index in [1.165, 1.54) is 4.90 Å². The highest BCUT2D eigenvalue weighted by Gasteiger charge is 2.14. The fourth-order valence-corrected chi connectivity index (χ4v) is 2.27. The molecule has 0 atom stereocenters. The Hall–Kier alpha value is -1.88. The van der Waals surface area contributed by atoms with Gasteiger partial charge in [-0.2, -0.15) is 0 Å². The van der Waals surface area contributed by atoms with Crippen LogP contribution in [0.5, 0.6) is 0 Å². The van der Waals surface area contributed by atoms with Gasteiger partial charge < -0.3 is 15.5 Å². The van der Waals surface area contributed by atoms with Crippen molar-refractivity contribution < 1.29 is 14.5 Å². The standard InChI is InChI=1S/C16H25N3O2/c1-5-19(6-2)8-7-17-15(20)16(21)18-14-10-12(3)9-13(4)11-14/h9-11H,5-8H2,1-4H3,(H,17,20)(H,18,21)/p+1. The second-order valence-corrected chi connectivity index (χ2v) is 5.29. The third kappa shape index (κ3) is 5.95. The first-order valence-corrected chi connectivity index (χ1v) is 7.47. The molecule has 0 bridgehead atoms. The number of amides is 2. The third-order valence-corrected chi connectivity index (χ3v) is 3.45. The average molecular weight is 292 g/mol. The monoisotopic (exact) mass is 292 g/mol. The van der Waals surface area contributed by atoms with Crippen LogP contribution in [0.3, 0.4) is 0 Å². The molecule has 3 N–H and O–H groups in total. The summed E-state index contributed by atoms with van der Waals surface area (Å²) in [5.74, 6) is -1.20. The van der Waals surface area contributed by atoms with Gasteiger partial charge >= 0.3 is 11.8 Å². The molecule has 2 amide bonds. The minimum atomic E-state index is -0.616. The van der Waals surface area contributed by atoms with E-state index < -0.39 is 11.8 Å². The Bertz CT molecular complexity index is 476. The molecular formula is C16H26N3O2+. The van der Waals surface area contributed by atoms with E-state index >= 15 is 0 Å². The van der Waals surface area contributed by atoms with Crippen LogP contribution in [-0.2, 0) is 9.59 Å². The number of carbonyl (C=O) groups excluding carboxylic acids is 2. The van der Waals surface area contributed by atoms with Gasteiger partial charge in [0.2, 0.25) is 0 Å². The Morgan fingerprint density at radius 1 is 1.00 bits per heavy atom. The predicted octanol–water partition coefficient (Wildman–Crippen LogP) is 0.283. The summed E-state index contributed by atoms with van der Waals surface area (Å²) in [7, 11) is 0. The van der Waals surface area contributed by atoms with Crippen LogP contribution in [0.4, 0.5) is 5.69 Å². The van der Waals surface area contributed by atoms with Crippen molar-refractivity contribution in [1.82, 2.24) is 5.32 Å². The molecular weight excluding hydrogens is 266 g/mol. The van der Waals surface area contributed by atoms with Crippen molar-refractivity contribution in [2.45, 2.75) is 27.7 Å². The highest BCUT2D eigenvalue weighted by Crippen LogP contribution is 2.13. The molecule has 116 valence electrons. The van der Waals surface area contributed by atoms with Crippen LogP contribution in [-0.4, -0.2) is 38.0 Å². The summed E-state index contributed by atoms with van der Waals surface area (Å²) in [6.07, 6.45) is 0. The van der Waals surface area contributed by atoms with E-state index in [0.29, 0.717) is 12.2 Å². The maximum absolute atomic E-state index is 11.8. The van der Waals surface area contributed by atoms with Crippen LogP contribution < -0.4 is 15.5 Å². The van der Waals surface area contributed by atoms with E-state index in [9.17, 15) is 9.59 Å². The SMILES string of the molecule is CC[NH+](CC)CCNC(=O)C(=O)Nc1cc(C)cc(C)c1. The van der Waals surface area contributed by atoms with E-state index in [0.717, 1.165) is 30.8 Å².